The van der Waals surface area contributed by atoms with E-state index in [0.717, 1.165) is 41.8 Å². The monoisotopic (exact) mass is 924 g/mol. The van der Waals surface area contributed by atoms with E-state index in [-0.39, 0.29) is 77.0 Å². The van der Waals surface area contributed by atoms with Gasteiger partial charge in [0, 0.05) is 40.5 Å². The van der Waals surface area contributed by atoms with Crippen LogP contribution < -0.4 is 50.0 Å². The summed E-state index contributed by atoms with van der Waals surface area (Å²) >= 11 is 2.14. The van der Waals surface area contributed by atoms with E-state index < -0.39 is 30.4 Å². The number of amides is 4. The smallest absolute Gasteiger partial charge is 0.462 e. The fourth-order valence-corrected chi connectivity index (χ4v) is 6.62. The molecule has 0 aromatic heterocycles. The minimum atomic E-state index is -0.764. The first kappa shape index (κ1) is 47.6. The van der Waals surface area contributed by atoms with Gasteiger partial charge < -0.3 is 40.6 Å². The van der Waals surface area contributed by atoms with Crippen molar-refractivity contribution >= 4 is 81.3 Å². The summed E-state index contributed by atoms with van der Waals surface area (Å²) in [5.74, 6) is -0.936. The van der Waals surface area contributed by atoms with Crippen molar-refractivity contribution in [2.24, 2.45) is 5.11 Å². The molecule has 2 saturated heterocycles. The summed E-state index contributed by atoms with van der Waals surface area (Å²) < 4.78 is 20.8. The van der Waals surface area contributed by atoms with Gasteiger partial charge in [0.25, 0.3) is 0 Å². The molecule has 0 bridgehead atoms. The third-order valence-electron chi connectivity index (χ3n) is 8.97. The quantitative estimate of drug-likeness (QED) is 0.0480. The first-order valence-corrected chi connectivity index (χ1v) is 19.5. The third kappa shape index (κ3) is 13.4. The maximum Gasteiger partial charge on any atom is 1.00 e. The number of carbonyl (C=O) groups is 6. The zero-order valence-electron chi connectivity index (χ0n) is 32.3. The predicted molar refractivity (Wildman–Crippen MR) is 215 cm³/mol. The Morgan fingerprint density at radius 3 is 1.69 bits per heavy atom. The number of carbonyl (C=O) groups excluding carboxylic acids is 6. The summed E-state index contributed by atoms with van der Waals surface area (Å²) in [5.41, 5.74) is 26.7. The number of ether oxygens (including phenoxy) is 4. The molecule has 4 aliphatic rings. The molecule has 2 aromatic rings. The Bertz CT molecular complexity index is 1930. The fraction of sp³-hybridized carbons (Fsp3) is 0.500. The van der Waals surface area contributed by atoms with Crippen molar-refractivity contribution in [2.45, 2.75) is 87.4 Å². The number of halogens is 1. The number of hydrogen-bond donors (Lipinski definition) is 2. The van der Waals surface area contributed by atoms with E-state index >= 15 is 0 Å². The van der Waals surface area contributed by atoms with Crippen molar-refractivity contribution in [1.29, 1.82) is 0 Å². The molecule has 4 aliphatic heterocycles. The largest absolute Gasteiger partial charge is 1.00 e. The number of benzene rings is 2. The minimum Gasteiger partial charge on any atom is -0.462 e. The van der Waals surface area contributed by atoms with E-state index in [9.17, 15) is 28.8 Å². The van der Waals surface area contributed by atoms with Crippen LogP contribution in [0, 0.1) is 0 Å². The van der Waals surface area contributed by atoms with Crippen LogP contribution in [0.2, 0.25) is 0 Å². The van der Waals surface area contributed by atoms with Crippen molar-refractivity contribution in [3.8, 4) is 0 Å². The van der Waals surface area contributed by atoms with Crippen LogP contribution in [0.5, 0.6) is 0 Å². The molecule has 0 spiro atoms. The number of anilines is 4. The van der Waals surface area contributed by atoms with E-state index in [0.29, 0.717) is 50.0 Å². The number of aryl methyl sites for hydroxylation is 2. The number of hydrogen-bond acceptors (Lipinski definition) is 11. The van der Waals surface area contributed by atoms with Crippen LogP contribution in [0.3, 0.4) is 0 Å². The molecule has 20 nitrogen and oxygen atoms in total. The van der Waals surface area contributed by atoms with Crippen molar-refractivity contribution in [3.63, 3.8) is 0 Å². The predicted octanol–water partition coefficient (Wildman–Crippen LogP) is 3.83. The summed E-state index contributed by atoms with van der Waals surface area (Å²) in [6.07, 6.45) is 2.56. The van der Waals surface area contributed by atoms with Crippen molar-refractivity contribution in [3.05, 3.63) is 73.9 Å². The first-order chi connectivity index (χ1) is 27.4. The summed E-state index contributed by atoms with van der Waals surface area (Å²) in [4.78, 5) is 78.6. The molecule has 304 valence electrons. The standard InChI is InChI=1S/C18H21IN2O5.C18H21N5O5.N3.Na/c1-2-3-16(22)25-10-13-9-21(18(24)26-13)12-5-7-15-11(8-12)4-6-14(19)17(23)20-15;1-2-3-16(24)27-10-13-9-23(18(26)28-13)12-5-7-14-11(8-12)4-6-15(21-22-19)17(25)20-14;1-3-2;/h5,7-8,13-14H,2-4,6,9-10H2,1H3,(H,20,23);5,7-8,13,15H,2-4,6,9-10H2,1H3,(H,20,25);;/q;;-1;+1/t13-,14?;13-,15?;;/m11../s1. The molecule has 4 atom stereocenters. The number of nitrogens with zero attached hydrogens (tertiary/aromatic N) is 8. The topological polar surface area (TPSA) is 277 Å². The zero-order chi connectivity index (χ0) is 41.5. The summed E-state index contributed by atoms with van der Waals surface area (Å²) in [5, 5.41) is 9.18. The molecule has 2 aromatic carbocycles. The molecule has 4 amide bonds. The van der Waals surface area contributed by atoms with Gasteiger partial charge in [-0.2, -0.15) is 0 Å². The van der Waals surface area contributed by atoms with Crippen LogP contribution in [0.15, 0.2) is 41.5 Å². The molecule has 22 heteroatoms. The van der Waals surface area contributed by atoms with E-state index in [2.05, 4.69) is 43.3 Å². The Hall–Kier alpha value is -4.79. The molecule has 0 radical (unpaired) electrons. The number of fused-ring (bicyclic) bond motifs is 2. The van der Waals surface area contributed by atoms with Gasteiger partial charge in [-0.15, -0.1) is 0 Å². The molecule has 58 heavy (non-hydrogen) atoms. The maximum absolute atomic E-state index is 12.2. The van der Waals surface area contributed by atoms with Gasteiger partial charge in [-0.3, -0.25) is 33.9 Å². The summed E-state index contributed by atoms with van der Waals surface area (Å²) in [6, 6.07) is 9.98. The van der Waals surface area contributed by atoms with Crippen molar-refractivity contribution in [2.75, 3.05) is 46.7 Å². The van der Waals surface area contributed by atoms with Crippen molar-refractivity contribution < 1.29 is 77.3 Å². The SMILES string of the molecule is CCCC(=O)OC[C@H]1CN(c2ccc3c(c2)CCC(I)C(=O)N3)C(=O)O1.CCCC(=O)OC[C@H]1CN(c2ccc3c(c2)CCC(N=[N+]=[N-])C(=O)N3)C(=O)O1.[N-]=[N+]=[N-].[Na+]. The van der Waals surface area contributed by atoms with Crippen molar-refractivity contribution in [1.82, 2.24) is 0 Å². The number of azide groups is 1. The molecule has 6 rings (SSSR count). The second kappa shape index (κ2) is 23.6. The molecule has 0 aliphatic carbocycles. The minimum absolute atomic E-state index is 0. The third-order valence-corrected chi connectivity index (χ3v) is 10.2. The van der Waals surface area contributed by atoms with Crippen LogP contribution in [0.25, 0.3) is 26.4 Å². The molecular formula is C36H42IN10NaO10. The number of cyclic esters (lactones) is 2. The molecule has 2 N–H and O–H groups in total. The second-order valence-corrected chi connectivity index (χ2v) is 14.6. The second-order valence-electron chi connectivity index (χ2n) is 13.1. The van der Waals surface area contributed by atoms with E-state index in [1.165, 1.54) is 14.7 Å². The van der Waals surface area contributed by atoms with Gasteiger partial charge in [-0.05, 0) is 91.6 Å². The first-order valence-electron chi connectivity index (χ1n) is 18.2. The Morgan fingerprint density at radius 1 is 0.793 bits per heavy atom. The summed E-state index contributed by atoms with van der Waals surface area (Å²) in [6.45, 7) is 4.48. The van der Waals surface area contributed by atoms with Gasteiger partial charge in [0.05, 0.1) is 17.0 Å². The number of rotatable bonds is 11. The average molecular weight is 925 g/mol. The number of esters is 2. The number of nitrogens with one attached hydrogen (secondary N) is 2. The molecule has 4 heterocycles. The van der Waals surface area contributed by atoms with Crippen LogP contribution in [-0.4, -0.2) is 84.4 Å². The fourth-order valence-electron chi connectivity index (χ4n) is 6.15. The van der Waals surface area contributed by atoms with Crippen LogP contribution >= 0.6 is 22.6 Å². The Balaban J connectivity index is 0.000000287. The van der Waals surface area contributed by atoms with Gasteiger partial charge in [-0.1, -0.05) is 41.6 Å². The van der Waals surface area contributed by atoms with Gasteiger partial charge in [0.15, 0.2) is 12.2 Å². The van der Waals surface area contributed by atoms with Crippen LogP contribution in [-0.2, 0) is 51.0 Å². The van der Waals surface area contributed by atoms with E-state index in [4.69, 9.17) is 35.5 Å². The molecule has 2 fully saturated rings. The molecule has 2 unspecified atom stereocenters. The Labute approximate surface area is 369 Å². The van der Waals surface area contributed by atoms with Gasteiger partial charge >= 0.3 is 53.7 Å². The molecule has 0 saturated carbocycles. The van der Waals surface area contributed by atoms with E-state index in [1.54, 1.807) is 24.3 Å². The van der Waals surface area contributed by atoms with E-state index in [1.807, 2.05) is 26.0 Å². The number of alkyl halides is 1. The Morgan fingerprint density at radius 2 is 1.24 bits per heavy atom. The van der Waals surface area contributed by atoms with Gasteiger partial charge in [0.1, 0.15) is 19.3 Å². The normalized spacial score (nSPS) is 20.3. The van der Waals surface area contributed by atoms with Gasteiger partial charge in [0.2, 0.25) is 11.8 Å². The van der Waals surface area contributed by atoms with Crippen LogP contribution in [0.4, 0.5) is 32.3 Å². The zero-order valence-corrected chi connectivity index (χ0v) is 36.5. The average Bonchev–Trinajstić information content (AvgIpc) is 3.66. The maximum atomic E-state index is 12.2. The Kier molecular flexibility index (Phi) is 19.3. The van der Waals surface area contributed by atoms with Crippen LogP contribution in [0.1, 0.15) is 63.5 Å². The summed E-state index contributed by atoms with van der Waals surface area (Å²) in [7, 11) is 0. The molecular weight excluding hydrogens is 882 g/mol. The van der Waals surface area contributed by atoms with Gasteiger partial charge in [-0.25, -0.2) is 9.59 Å².